The summed E-state index contributed by atoms with van der Waals surface area (Å²) in [5.74, 6) is 2.03. The molecular weight excluding hydrogens is 358 g/mol. The number of carbonyl (C=O) groups excluding carboxylic acids is 1. The van der Waals surface area contributed by atoms with Crippen molar-refractivity contribution < 1.29 is 18.7 Å². The van der Waals surface area contributed by atoms with E-state index < -0.39 is 0 Å². The molecule has 28 heavy (non-hydrogen) atoms. The van der Waals surface area contributed by atoms with Crippen LogP contribution in [-0.4, -0.2) is 54.4 Å². The van der Waals surface area contributed by atoms with Crippen LogP contribution in [0.5, 0.6) is 5.75 Å². The van der Waals surface area contributed by atoms with Gasteiger partial charge in [0.05, 0.1) is 13.2 Å². The molecule has 1 unspecified atom stereocenters. The zero-order valence-electron chi connectivity index (χ0n) is 16.7. The second-order valence-electron chi connectivity index (χ2n) is 7.20. The van der Waals surface area contributed by atoms with E-state index in [1.807, 2.05) is 31.3 Å². The number of hydrogen-bond acceptors (Lipinski definition) is 6. The number of carbonyl (C=O) groups is 1. The molecule has 2 heterocycles. The lowest BCUT2D eigenvalue weighted by Crippen LogP contribution is -2.37. The van der Waals surface area contributed by atoms with E-state index in [9.17, 15) is 4.79 Å². The van der Waals surface area contributed by atoms with Crippen molar-refractivity contribution in [1.29, 1.82) is 0 Å². The summed E-state index contributed by atoms with van der Waals surface area (Å²) >= 11 is 0. The van der Waals surface area contributed by atoms with Crippen LogP contribution in [0.25, 0.3) is 0 Å². The van der Waals surface area contributed by atoms with E-state index in [-0.39, 0.29) is 12.0 Å². The summed E-state index contributed by atoms with van der Waals surface area (Å²) in [6, 6.07) is 7.94. The maximum atomic E-state index is 12.3. The van der Waals surface area contributed by atoms with Crippen LogP contribution in [0, 0.1) is 0 Å². The average molecular weight is 387 g/mol. The van der Waals surface area contributed by atoms with Crippen LogP contribution in [0.4, 0.5) is 0 Å². The summed E-state index contributed by atoms with van der Waals surface area (Å²) in [6.07, 6.45) is 5.79. The molecule has 3 rings (SSSR count). The number of rotatable bonds is 9. The monoisotopic (exact) mass is 387 g/mol. The van der Waals surface area contributed by atoms with E-state index in [0.29, 0.717) is 37.6 Å². The number of hydrogen-bond donors (Lipinski definition) is 0. The van der Waals surface area contributed by atoms with Gasteiger partial charge in [0.15, 0.2) is 0 Å². The standard InChI is InChI=1S/C21H29N3O4/c1-24(15-18-5-3-4-14-27-18)21(25)13-12-20-23-22-19(28-20)11-8-16-6-9-17(26-2)10-7-16/h6-7,9-10,18H,3-5,8,11-15H2,1-2H3. The number of nitrogens with zero attached hydrogens (tertiary/aromatic N) is 3. The Labute approximate surface area is 166 Å². The lowest BCUT2D eigenvalue weighted by Gasteiger charge is -2.27. The molecule has 1 fully saturated rings. The van der Waals surface area contributed by atoms with E-state index in [1.54, 1.807) is 12.0 Å². The van der Waals surface area contributed by atoms with Gasteiger partial charge < -0.3 is 18.8 Å². The fourth-order valence-electron chi connectivity index (χ4n) is 3.30. The predicted octanol–water partition coefficient (Wildman–Crippen LogP) is 2.82. The molecule has 0 saturated carbocycles. The Hall–Kier alpha value is -2.41. The van der Waals surface area contributed by atoms with Crippen LogP contribution in [0.1, 0.15) is 43.0 Å². The molecule has 7 heteroatoms. The lowest BCUT2D eigenvalue weighted by molar-refractivity contribution is -0.132. The van der Waals surface area contributed by atoms with Gasteiger partial charge in [-0.05, 0) is 43.4 Å². The van der Waals surface area contributed by atoms with Crippen LogP contribution in [-0.2, 0) is 28.8 Å². The van der Waals surface area contributed by atoms with Gasteiger partial charge in [-0.25, -0.2) is 0 Å². The number of aromatic nitrogens is 2. The topological polar surface area (TPSA) is 77.7 Å². The molecule has 1 aliphatic heterocycles. The molecule has 0 bridgehead atoms. The molecule has 0 spiro atoms. The van der Waals surface area contributed by atoms with Gasteiger partial charge in [-0.15, -0.1) is 10.2 Å². The van der Waals surface area contributed by atoms with Gasteiger partial charge in [0.2, 0.25) is 17.7 Å². The highest BCUT2D eigenvalue weighted by atomic mass is 16.5. The minimum atomic E-state index is 0.0761. The number of aryl methyl sites for hydroxylation is 3. The molecule has 1 saturated heterocycles. The highest BCUT2D eigenvalue weighted by Gasteiger charge is 2.19. The molecule has 1 aromatic heterocycles. The molecule has 152 valence electrons. The van der Waals surface area contributed by atoms with Crippen molar-refractivity contribution in [3.05, 3.63) is 41.6 Å². The molecule has 2 aromatic rings. The maximum Gasteiger partial charge on any atom is 0.222 e. The van der Waals surface area contributed by atoms with Crippen LogP contribution in [0.2, 0.25) is 0 Å². The highest BCUT2D eigenvalue weighted by Crippen LogP contribution is 2.15. The summed E-state index contributed by atoms with van der Waals surface area (Å²) in [4.78, 5) is 14.1. The number of methoxy groups -OCH3 is 1. The van der Waals surface area contributed by atoms with E-state index in [2.05, 4.69) is 10.2 Å². The molecule has 0 aliphatic carbocycles. The first-order valence-corrected chi connectivity index (χ1v) is 9.94. The third kappa shape index (κ3) is 6.05. The Kier molecular flexibility index (Phi) is 7.42. The van der Waals surface area contributed by atoms with Crippen molar-refractivity contribution >= 4 is 5.91 Å². The zero-order valence-corrected chi connectivity index (χ0v) is 16.7. The molecule has 7 nitrogen and oxygen atoms in total. The fourth-order valence-corrected chi connectivity index (χ4v) is 3.30. The van der Waals surface area contributed by atoms with Crippen LogP contribution in [0.15, 0.2) is 28.7 Å². The molecule has 0 N–H and O–H groups in total. The third-order valence-corrected chi connectivity index (χ3v) is 5.03. The number of benzene rings is 1. The molecule has 1 aromatic carbocycles. The predicted molar refractivity (Wildman–Crippen MR) is 104 cm³/mol. The molecular formula is C21H29N3O4. The van der Waals surface area contributed by atoms with Crippen LogP contribution in [0.3, 0.4) is 0 Å². The number of amides is 1. The fraction of sp³-hybridized carbons (Fsp3) is 0.571. The van der Waals surface area contributed by atoms with E-state index >= 15 is 0 Å². The lowest BCUT2D eigenvalue weighted by atomic mass is 10.1. The van der Waals surface area contributed by atoms with Gasteiger partial charge in [-0.1, -0.05) is 12.1 Å². The van der Waals surface area contributed by atoms with Gasteiger partial charge in [-0.3, -0.25) is 4.79 Å². The third-order valence-electron chi connectivity index (χ3n) is 5.03. The average Bonchev–Trinajstić information content (AvgIpc) is 3.19. The van der Waals surface area contributed by atoms with Gasteiger partial charge in [0, 0.05) is 39.5 Å². The second-order valence-corrected chi connectivity index (χ2v) is 7.20. The normalized spacial score (nSPS) is 16.7. The Morgan fingerprint density at radius 2 is 1.89 bits per heavy atom. The highest BCUT2D eigenvalue weighted by molar-refractivity contribution is 5.76. The zero-order chi connectivity index (χ0) is 19.8. The van der Waals surface area contributed by atoms with Crippen molar-refractivity contribution in [3.63, 3.8) is 0 Å². The molecule has 1 aliphatic rings. The molecule has 1 atom stereocenters. The van der Waals surface area contributed by atoms with Crippen LogP contribution < -0.4 is 4.74 Å². The first-order chi connectivity index (χ1) is 13.6. The Morgan fingerprint density at radius 1 is 1.14 bits per heavy atom. The summed E-state index contributed by atoms with van der Waals surface area (Å²) < 4.78 is 16.5. The Bertz CT molecular complexity index is 738. The SMILES string of the molecule is COc1ccc(CCc2nnc(CCC(=O)N(C)CC3CCCCO3)o2)cc1. The minimum Gasteiger partial charge on any atom is -0.497 e. The van der Waals surface area contributed by atoms with Crippen LogP contribution >= 0.6 is 0 Å². The van der Waals surface area contributed by atoms with Crippen molar-refractivity contribution in [3.8, 4) is 5.75 Å². The molecule has 0 radical (unpaired) electrons. The van der Waals surface area contributed by atoms with Crippen molar-refractivity contribution in [2.24, 2.45) is 0 Å². The largest absolute Gasteiger partial charge is 0.497 e. The Balaban J connectivity index is 1.40. The van der Waals surface area contributed by atoms with E-state index in [0.717, 1.165) is 31.6 Å². The smallest absolute Gasteiger partial charge is 0.222 e. The minimum absolute atomic E-state index is 0.0761. The van der Waals surface area contributed by atoms with E-state index in [1.165, 1.54) is 12.0 Å². The van der Waals surface area contributed by atoms with Crippen molar-refractivity contribution in [1.82, 2.24) is 15.1 Å². The van der Waals surface area contributed by atoms with Gasteiger partial charge in [0.1, 0.15) is 5.75 Å². The summed E-state index contributed by atoms with van der Waals surface area (Å²) in [5.41, 5.74) is 1.18. The quantitative estimate of drug-likeness (QED) is 0.658. The summed E-state index contributed by atoms with van der Waals surface area (Å²) in [7, 11) is 3.48. The Morgan fingerprint density at radius 3 is 2.57 bits per heavy atom. The first kappa shape index (κ1) is 20.3. The van der Waals surface area contributed by atoms with Gasteiger partial charge in [0.25, 0.3) is 0 Å². The van der Waals surface area contributed by atoms with Gasteiger partial charge >= 0.3 is 0 Å². The summed E-state index contributed by atoms with van der Waals surface area (Å²) in [5, 5.41) is 8.17. The van der Waals surface area contributed by atoms with Crippen molar-refractivity contribution in [2.75, 3.05) is 27.3 Å². The first-order valence-electron chi connectivity index (χ1n) is 9.94. The molecule has 1 amide bonds. The number of ether oxygens (including phenoxy) is 2. The van der Waals surface area contributed by atoms with Gasteiger partial charge in [-0.2, -0.15) is 0 Å². The van der Waals surface area contributed by atoms with Crippen molar-refractivity contribution in [2.45, 2.75) is 51.0 Å². The maximum absolute atomic E-state index is 12.3. The summed E-state index contributed by atoms with van der Waals surface area (Å²) in [6.45, 7) is 1.45. The van der Waals surface area contributed by atoms with E-state index in [4.69, 9.17) is 13.9 Å². The number of likely N-dealkylation sites (N-methyl/N-ethyl adjacent to an activating group) is 1. The second kappa shape index (κ2) is 10.2.